The molecule has 2 N–H and O–H groups in total. The molecule has 0 saturated heterocycles. The molecule has 3 atom stereocenters. The number of rotatable bonds is 14. The van der Waals surface area contributed by atoms with Crippen molar-refractivity contribution in [1.82, 2.24) is 0 Å². The van der Waals surface area contributed by atoms with Crippen LogP contribution in [-0.4, -0.2) is 42.6 Å². The first-order chi connectivity index (χ1) is 13.0. The third-order valence-corrected chi connectivity index (χ3v) is 5.26. The molecule has 1 rings (SSSR count). The van der Waals surface area contributed by atoms with E-state index in [-0.39, 0.29) is 11.9 Å². The van der Waals surface area contributed by atoms with Gasteiger partial charge >= 0.3 is 5.97 Å². The summed E-state index contributed by atoms with van der Waals surface area (Å²) >= 11 is 0. The summed E-state index contributed by atoms with van der Waals surface area (Å²) in [4.78, 5) is 11.1. The van der Waals surface area contributed by atoms with Gasteiger partial charge in [-0.2, -0.15) is 0 Å². The smallest absolute Gasteiger partial charge is 0.305 e. The number of unbranched alkanes of at least 4 members (excludes halogenated alkanes) is 5. The third kappa shape index (κ3) is 8.93. The van der Waals surface area contributed by atoms with Gasteiger partial charge in [-0.15, -0.1) is 0 Å². The number of carbonyl (C=O) groups is 1. The van der Waals surface area contributed by atoms with Crippen molar-refractivity contribution in [3.63, 3.8) is 0 Å². The summed E-state index contributed by atoms with van der Waals surface area (Å²) in [6.07, 6.45) is 12.7. The highest BCUT2D eigenvalue weighted by Crippen LogP contribution is 2.37. The number of aliphatic hydroxyl groups is 2. The maximum Gasteiger partial charge on any atom is 0.305 e. The summed E-state index contributed by atoms with van der Waals surface area (Å²) in [6.45, 7) is 2.15. The molecule has 0 aromatic carbocycles. The fourth-order valence-electron chi connectivity index (χ4n) is 3.62. The molecule has 0 spiro atoms. The van der Waals surface area contributed by atoms with Gasteiger partial charge < -0.3 is 19.7 Å². The molecule has 156 valence electrons. The van der Waals surface area contributed by atoms with Crippen molar-refractivity contribution in [3.8, 4) is 0 Å². The van der Waals surface area contributed by atoms with Gasteiger partial charge in [0.05, 0.1) is 32.2 Å². The summed E-state index contributed by atoms with van der Waals surface area (Å²) < 4.78 is 10.1. The molecule has 0 saturated carbocycles. The second kappa shape index (κ2) is 13.8. The molecule has 0 heterocycles. The Bertz CT molecular complexity index is 483. The summed E-state index contributed by atoms with van der Waals surface area (Å²) in [7, 11) is 3.07. The second-order valence-corrected chi connectivity index (χ2v) is 7.39. The van der Waals surface area contributed by atoms with E-state index in [1.807, 2.05) is 12.2 Å². The molecule has 0 aromatic rings. The monoisotopic (exact) mass is 382 g/mol. The fourth-order valence-corrected chi connectivity index (χ4v) is 3.62. The van der Waals surface area contributed by atoms with Gasteiger partial charge in [-0.25, -0.2) is 0 Å². The Morgan fingerprint density at radius 1 is 1.19 bits per heavy atom. The maximum atomic E-state index is 11.1. The van der Waals surface area contributed by atoms with Gasteiger partial charge in [-0.1, -0.05) is 51.2 Å². The van der Waals surface area contributed by atoms with Crippen LogP contribution in [0.2, 0.25) is 0 Å². The minimum absolute atomic E-state index is 0.0733. The Hall–Kier alpha value is -1.33. The van der Waals surface area contributed by atoms with Crippen LogP contribution in [0.15, 0.2) is 23.5 Å². The lowest BCUT2D eigenvalue weighted by atomic mass is 9.93. The maximum absolute atomic E-state index is 11.1. The first-order valence-corrected chi connectivity index (χ1v) is 10.4. The number of carbonyl (C=O) groups excluding carboxylic acids is 1. The lowest BCUT2D eigenvalue weighted by Crippen LogP contribution is -2.15. The van der Waals surface area contributed by atoms with E-state index >= 15 is 0 Å². The highest BCUT2D eigenvalue weighted by molar-refractivity contribution is 5.68. The zero-order valence-electron chi connectivity index (χ0n) is 17.3. The molecule has 27 heavy (non-hydrogen) atoms. The molecule has 0 radical (unpaired) electrons. The van der Waals surface area contributed by atoms with Crippen LogP contribution in [0.1, 0.15) is 77.6 Å². The van der Waals surface area contributed by atoms with E-state index in [9.17, 15) is 15.0 Å². The van der Waals surface area contributed by atoms with Crippen molar-refractivity contribution in [2.24, 2.45) is 5.92 Å². The number of esters is 1. The minimum atomic E-state index is -0.478. The van der Waals surface area contributed by atoms with Crippen LogP contribution in [0.5, 0.6) is 0 Å². The van der Waals surface area contributed by atoms with Crippen LogP contribution in [0.25, 0.3) is 0 Å². The number of aliphatic hydroxyl groups excluding tert-OH is 2. The highest BCUT2D eigenvalue weighted by atomic mass is 16.5. The van der Waals surface area contributed by atoms with Crippen LogP contribution >= 0.6 is 0 Å². The van der Waals surface area contributed by atoms with E-state index < -0.39 is 12.2 Å². The van der Waals surface area contributed by atoms with Crippen LogP contribution in [0, 0.1) is 5.92 Å². The van der Waals surface area contributed by atoms with E-state index in [4.69, 9.17) is 4.74 Å². The Morgan fingerprint density at radius 2 is 1.93 bits per heavy atom. The molecule has 0 amide bonds. The quantitative estimate of drug-likeness (QED) is 0.266. The standard InChI is InChI=1S/C22H38O5/c1-4-5-8-11-17(23)14-15-18-19(21(26-2)16-20(18)24)12-9-6-7-10-13-22(25)27-3/h14-15,17-18,20,23-24H,4-13,16H2,1-3H3/b15-14+/t17-,18+,20+/m0/s1. The summed E-state index contributed by atoms with van der Waals surface area (Å²) in [5.74, 6) is 0.656. The average molecular weight is 383 g/mol. The van der Waals surface area contributed by atoms with Crippen LogP contribution in [0.4, 0.5) is 0 Å². The molecule has 0 fully saturated rings. The van der Waals surface area contributed by atoms with Gasteiger partial charge in [0.1, 0.15) is 0 Å². The van der Waals surface area contributed by atoms with E-state index in [1.165, 1.54) is 7.11 Å². The minimum Gasteiger partial charge on any atom is -0.501 e. The highest BCUT2D eigenvalue weighted by Gasteiger charge is 2.32. The molecular formula is C22H38O5. The van der Waals surface area contributed by atoms with Crippen LogP contribution in [0.3, 0.4) is 0 Å². The third-order valence-electron chi connectivity index (χ3n) is 5.26. The normalized spacial score (nSPS) is 21.1. The Kier molecular flexibility index (Phi) is 12.1. The molecule has 0 unspecified atom stereocenters. The largest absolute Gasteiger partial charge is 0.501 e. The van der Waals surface area contributed by atoms with Crippen molar-refractivity contribution in [3.05, 3.63) is 23.5 Å². The molecule has 5 heteroatoms. The molecule has 5 nitrogen and oxygen atoms in total. The summed E-state index contributed by atoms with van der Waals surface area (Å²) in [5.41, 5.74) is 1.15. The van der Waals surface area contributed by atoms with E-state index in [0.29, 0.717) is 12.8 Å². The topological polar surface area (TPSA) is 76.0 Å². The Morgan fingerprint density at radius 3 is 2.59 bits per heavy atom. The van der Waals surface area contributed by atoms with Crippen molar-refractivity contribution in [2.75, 3.05) is 14.2 Å². The predicted octanol–water partition coefficient (Wildman–Crippen LogP) is 4.28. The first-order valence-electron chi connectivity index (χ1n) is 10.4. The molecule has 1 aliphatic rings. The summed E-state index contributed by atoms with van der Waals surface area (Å²) in [5, 5.41) is 20.5. The molecule has 0 aromatic heterocycles. The van der Waals surface area contributed by atoms with Crippen LogP contribution < -0.4 is 0 Å². The SMILES string of the molecule is CCCCC[C@H](O)/C=C/[C@@H]1C(CCCCCCC(=O)OC)=C(OC)C[C@H]1O. The Labute approximate surface area is 164 Å². The number of ether oxygens (including phenoxy) is 2. The Balaban J connectivity index is 2.48. The van der Waals surface area contributed by atoms with Crippen molar-refractivity contribution >= 4 is 5.97 Å². The molecular weight excluding hydrogens is 344 g/mol. The number of methoxy groups -OCH3 is 2. The van der Waals surface area contributed by atoms with Gasteiger partial charge in [0.15, 0.2) is 0 Å². The lowest BCUT2D eigenvalue weighted by Gasteiger charge is -2.16. The second-order valence-electron chi connectivity index (χ2n) is 7.39. The zero-order valence-corrected chi connectivity index (χ0v) is 17.3. The number of hydrogen-bond acceptors (Lipinski definition) is 5. The molecule has 1 aliphatic carbocycles. The number of hydrogen-bond donors (Lipinski definition) is 2. The van der Waals surface area contributed by atoms with Gasteiger partial charge in [0.25, 0.3) is 0 Å². The van der Waals surface area contributed by atoms with E-state index in [2.05, 4.69) is 11.7 Å². The van der Waals surface area contributed by atoms with Gasteiger partial charge in [0, 0.05) is 18.8 Å². The van der Waals surface area contributed by atoms with E-state index in [0.717, 1.165) is 69.1 Å². The van der Waals surface area contributed by atoms with Crippen molar-refractivity contribution in [1.29, 1.82) is 0 Å². The van der Waals surface area contributed by atoms with Crippen molar-refractivity contribution in [2.45, 2.75) is 89.8 Å². The van der Waals surface area contributed by atoms with E-state index in [1.54, 1.807) is 7.11 Å². The zero-order chi connectivity index (χ0) is 20.1. The first kappa shape index (κ1) is 23.7. The fraction of sp³-hybridized carbons (Fsp3) is 0.773. The molecule has 0 bridgehead atoms. The molecule has 0 aliphatic heterocycles. The van der Waals surface area contributed by atoms with Crippen molar-refractivity contribution < 1.29 is 24.5 Å². The van der Waals surface area contributed by atoms with Crippen LogP contribution in [-0.2, 0) is 14.3 Å². The van der Waals surface area contributed by atoms with Gasteiger partial charge in [-0.3, -0.25) is 4.79 Å². The van der Waals surface area contributed by atoms with Gasteiger partial charge in [0.2, 0.25) is 0 Å². The van der Waals surface area contributed by atoms with Gasteiger partial charge in [-0.05, 0) is 31.3 Å². The lowest BCUT2D eigenvalue weighted by molar-refractivity contribution is -0.140. The average Bonchev–Trinajstić information content (AvgIpc) is 2.97. The summed E-state index contributed by atoms with van der Waals surface area (Å²) in [6, 6.07) is 0. The predicted molar refractivity (Wildman–Crippen MR) is 107 cm³/mol.